The first-order chi connectivity index (χ1) is 18.5. The Bertz CT molecular complexity index is 1490. The highest BCUT2D eigenvalue weighted by Gasteiger charge is 2.53. The van der Waals surface area contributed by atoms with Crippen molar-refractivity contribution < 1.29 is 14.3 Å². The molecule has 2 aliphatic carbocycles. The number of pyridine rings is 1. The second-order valence-corrected chi connectivity index (χ2v) is 10.2. The Morgan fingerprint density at radius 1 is 1.08 bits per heavy atom. The molecule has 0 saturated heterocycles. The minimum Gasteiger partial charge on any atom is -0.473 e. The number of ether oxygens (including phenoxy) is 2. The van der Waals surface area contributed by atoms with E-state index in [0.717, 1.165) is 70.6 Å². The summed E-state index contributed by atoms with van der Waals surface area (Å²) in [5.41, 5.74) is 7.44. The number of rotatable bonds is 9. The predicted octanol–water partition coefficient (Wildman–Crippen LogP) is 4.97. The number of benzene rings is 1. The van der Waals surface area contributed by atoms with Crippen LogP contribution < -0.4 is 4.74 Å². The molecule has 0 spiro atoms. The van der Waals surface area contributed by atoms with Gasteiger partial charge in [0.25, 0.3) is 0 Å². The van der Waals surface area contributed by atoms with Gasteiger partial charge in [-0.25, -0.2) is 4.98 Å². The van der Waals surface area contributed by atoms with Crippen molar-refractivity contribution in [2.45, 2.75) is 57.5 Å². The van der Waals surface area contributed by atoms with Gasteiger partial charge in [0.15, 0.2) is 0 Å². The van der Waals surface area contributed by atoms with Gasteiger partial charge in [0, 0.05) is 37.0 Å². The van der Waals surface area contributed by atoms with Gasteiger partial charge >= 0.3 is 5.97 Å². The normalized spacial score (nSPS) is 15.8. The van der Waals surface area contributed by atoms with Crippen LogP contribution in [-0.2, 0) is 28.4 Å². The Balaban J connectivity index is 1.22. The molecule has 0 amide bonds. The molecule has 38 heavy (non-hydrogen) atoms. The zero-order chi connectivity index (χ0) is 26.3. The summed E-state index contributed by atoms with van der Waals surface area (Å²) >= 11 is 0. The van der Waals surface area contributed by atoms with E-state index in [2.05, 4.69) is 46.3 Å². The van der Waals surface area contributed by atoms with Crippen LogP contribution in [0.3, 0.4) is 0 Å². The highest BCUT2D eigenvalue weighted by molar-refractivity contribution is 5.87. The molecule has 8 heteroatoms. The highest BCUT2D eigenvalue weighted by Crippen LogP contribution is 2.50. The van der Waals surface area contributed by atoms with Crippen molar-refractivity contribution in [3.8, 4) is 28.3 Å². The maximum absolute atomic E-state index is 12.6. The fraction of sp³-hybridized carbons (Fsp3) is 0.367. The summed E-state index contributed by atoms with van der Waals surface area (Å²) < 4.78 is 13.0. The van der Waals surface area contributed by atoms with E-state index < -0.39 is 5.41 Å². The molecule has 2 aliphatic rings. The first kappa shape index (κ1) is 24.3. The molecule has 0 N–H and O–H groups in total. The molecule has 2 saturated carbocycles. The van der Waals surface area contributed by atoms with E-state index in [0.29, 0.717) is 18.9 Å². The van der Waals surface area contributed by atoms with Crippen LogP contribution >= 0.6 is 0 Å². The van der Waals surface area contributed by atoms with Gasteiger partial charge in [0.1, 0.15) is 6.10 Å². The van der Waals surface area contributed by atoms with E-state index in [1.54, 1.807) is 12.4 Å². The molecular weight excluding hydrogens is 478 g/mol. The zero-order valence-corrected chi connectivity index (χ0v) is 22.0. The minimum absolute atomic E-state index is 0.109. The van der Waals surface area contributed by atoms with Gasteiger partial charge < -0.3 is 9.47 Å². The Hall–Kier alpha value is -4.07. The zero-order valence-electron chi connectivity index (χ0n) is 22.0. The van der Waals surface area contributed by atoms with Gasteiger partial charge in [0.05, 0.1) is 41.5 Å². The highest BCUT2D eigenvalue weighted by atomic mass is 16.5. The van der Waals surface area contributed by atoms with Gasteiger partial charge in [-0.05, 0) is 62.3 Å². The average molecular weight is 510 g/mol. The number of hydrogen-bond acceptors (Lipinski definition) is 7. The van der Waals surface area contributed by atoms with Crippen LogP contribution in [0.2, 0.25) is 0 Å². The third-order valence-electron chi connectivity index (χ3n) is 7.42. The van der Waals surface area contributed by atoms with Gasteiger partial charge in [0.2, 0.25) is 5.88 Å². The predicted molar refractivity (Wildman–Crippen MR) is 143 cm³/mol. The minimum atomic E-state index is -0.467. The first-order valence-electron chi connectivity index (χ1n) is 13.2. The van der Waals surface area contributed by atoms with Crippen molar-refractivity contribution in [2.24, 2.45) is 7.05 Å². The van der Waals surface area contributed by atoms with Crippen molar-refractivity contribution in [3.05, 3.63) is 77.6 Å². The van der Waals surface area contributed by atoms with Crippen molar-refractivity contribution >= 4 is 5.97 Å². The molecule has 1 aromatic carbocycles. The van der Waals surface area contributed by atoms with E-state index in [9.17, 15) is 4.79 Å². The molecule has 4 aromatic rings. The molecule has 8 nitrogen and oxygen atoms in total. The Kier molecular flexibility index (Phi) is 6.18. The third kappa shape index (κ3) is 4.66. The maximum atomic E-state index is 12.6. The molecule has 0 aliphatic heterocycles. The molecule has 194 valence electrons. The molecule has 0 radical (unpaired) electrons. The summed E-state index contributed by atoms with van der Waals surface area (Å²) in [5, 5.41) is 4.49. The molecule has 3 aromatic heterocycles. The standard InChI is InChI=1S/C30H31N5O3/c1-4-37-29(36)30(11-12-30)25-9-5-20(13-19(25)2)21-6-10-26(32-15-21)24-17-33-35(3)27(24)14-22-16-31-18-28(34-22)38-23-7-8-23/h5-6,9-10,13,15-18,23H,4,7-8,11-12,14H2,1-3H3. The molecule has 6 rings (SSSR count). The van der Waals surface area contributed by atoms with Gasteiger partial charge in [-0.2, -0.15) is 5.10 Å². The fourth-order valence-corrected chi connectivity index (χ4v) is 5.02. The second kappa shape index (κ2) is 9.67. The number of aromatic nitrogens is 5. The summed E-state index contributed by atoms with van der Waals surface area (Å²) in [4.78, 5) is 26.3. The van der Waals surface area contributed by atoms with Crippen LogP contribution in [0.4, 0.5) is 0 Å². The average Bonchev–Trinajstić information content (AvgIpc) is 3.85. The maximum Gasteiger partial charge on any atom is 0.316 e. The molecule has 3 heterocycles. The Labute approximate surface area is 222 Å². The molecule has 0 unspecified atom stereocenters. The third-order valence-corrected chi connectivity index (χ3v) is 7.42. The summed E-state index contributed by atoms with van der Waals surface area (Å²) in [6.45, 7) is 4.32. The van der Waals surface area contributed by atoms with Crippen LogP contribution in [0.1, 0.15) is 55.1 Å². The number of carbonyl (C=O) groups excluding carboxylic acids is 1. The van der Waals surface area contributed by atoms with Gasteiger partial charge in [-0.3, -0.25) is 19.4 Å². The molecular formula is C30H31N5O3. The first-order valence-corrected chi connectivity index (χ1v) is 13.2. The number of carbonyl (C=O) groups is 1. The smallest absolute Gasteiger partial charge is 0.316 e. The quantitative estimate of drug-likeness (QED) is 0.294. The van der Waals surface area contributed by atoms with E-state index >= 15 is 0 Å². The summed E-state index contributed by atoms with van der Waals surface area (Å²) in [6, 6.07) is 10.4. The number of hydrogen-bond donors (Lipinski definition) is 0. The topological polar surface area (TPSA) is 92.0 Å². The van der Waals surface area contributed by atoms with Crippen molar-refractivity contribution in [3.63, 3.8) is 0 Å². The van der Waals surface area contributed by atoms with Crippen molar-refractivity contribution in [1.29, 1.82) is 0 Å². The van der Waals surface area contributed by atoms with Crippen LogP contribution in [-0.4, -0.2) is 43.4 Å². The monoisotopic (exact) mass is 509 g/mol. The van der Waals surface area contributed by atoms with Crippen LogP contribution in [0.5, 0.6) is 5.88 Å². The lowest BCUT2D eigenvalue weighted by atomic mass is 9.89. The van der Waals surface area contributed by atoms with Gasteiger partial charge in [-0.1, -0.05) is 24.3 Å². The summed E-state index contributed by atoms with van der Waals surface area (Å²) in [7, 11) is 1.93. The van der Waals surface area contributed by atoms with Crippen LogP contribution in [0.15, 0.2) is 55.1 Å². The van der Waals surface area contributed by atoms with E-state index in [4.69, 9.17) is 14.5 Å². The number of nitrogens with zero attached hydrogens (tertiary/aromatic N) is 5. The van der Waals surface area contributed by atoms with E-state index in [-0.39, 0.29) is 12.1 Å². The lowest BCUT2D eigenvalue weighted by Crippen LogP contribution is -2.24. The Morgan fingerprint density at radius 3 is 2.58 bits per heavy atom. The Morgan fingerprint density at radius 2 is 1.89 bits per heavy atom. The second-order valence-electron chi connectivity index (χ2n) is 10.2. The lowest BCUT2D eigenvalue weighted by Gasteiger charge is -2.17. The van der Waals surface area contributed by atoms with Crippen molar-refractivity contribution in [2.75, 3.05) is 6.61 Å². The molecule has 0 bridgehead atoms. The number of aryl methyl sites for hydroxylation is 2. The number of esters is 1. The largest absolute Gasteiger partial charge is 0.473 e. The van der Waals surface area contributed by atoms with Crippen molar-refractivity contribution in [1.82, 2.24) is 24.7 Å². The summed E-state index contributed by atoms with van der Waals surface area (Å²) in [5.74, 6) is 0.467. The molecule has 0 atom stereocenters. The van der Waals surface area contributed by atoms with Gasteiger partial charge in [-0.15, -0.1) is 0 Å². The van der Waals surface area contributed by atoms with Crippen LogP contribution in [0, 0.1) is 6.92 Å². The SMILES string of the molecule is CCOC(=O)C1(c2ccc(-c3ccc(-c4cnn(C)c4Cc4cncc(OC5CC5)n4)nc3)cc2C)CC1. The summed E-state index contributed by atoms with van der Waals surface area (Å²) in [6.07, 6.45) is 11.9. The van der Waals surface area contributed by atoms with E-state index in [1.807, 2.05) is 37.1 Å². The fourth-order valence-electron chi connectivity index (χ4n) is 5.02. The lowest BCUT2D eigenvalue weighted by molar-refractivity contribution is -0.146. The molecule has 2 fully saturated rings. The van der Waals surface area contributed by atoms with Crippen LogP contribution in [0.25, 0.3) is 22.4 Å². The van der Waals surface area contributed by atoms with E-state index in [1.165, 1.54) is 0 Å².